The van der Waals surface area contributed by atoms with Crippen LogP contribution in [0.1, 0.15) is 30.8 Å². The molecule has 0 spiro atoms. The lowest BCUT2D eigenvalue weighted by Gasteiger charge is -2.50. The smallest absolute Gasteiger partial charge is 0.272 e. The number of benzene rings is 1. The Morgan fingerprint density at radius 2 is 2.04 bits per heavy atom. The second-order valence-electron chi connectivity index (χ2n) is 6.53. The second kappa shape index (κ2) is 5.70. The Balaban J connectivity index is 1.70. The van der Waals surface area contributed by atoms with Gasteiger partial charge in [0.1, 0.15) is 5.75 Å². The van der Waals surface area contributed by atoms with Crippen molar-refractivity contribution in [3.63, 3.8) is 0 Å². The molecule has 0 saturated heterocycles. The molecule has 6 nitrogen and oxygen atoms in total. The summed E-state index contributed by atoms with van der Waals surface area (Å²) in [5, 5.41) is 7.37. The monoisotopic (exact) mass is 314 g/mol. The zero-order valence-electron chi connectivity index (χ0n) is 13.6. The van der Waals surface area contributed by atoms with Gasteiger partial charge in [0.25, 0.3) is 5.91 Å². The van der Waals surface area contributed by atoms with Crippen molar-refractivity contribution in [1.29, 1.82) is 0 Å². The highest BCUT2D eigenvalue weighted by molar-refractivity contribution is 5.92. The summed E-state index contributed by atoms with van der Waals surface area (Å²) in [5.41, 5.74) is 7.18. The van der Waals surface area contributed by atoms with Gasteiger partial charge in [-0.05, 0) is 36.8 Å². The van der Waals surface area contributed by atoms with Crippen LogP contribution >= 0.6 is 0 Å². The van der Waals surface area contributed by atoms with Gasteiger partial charge in [0.05, 0.1) is 12.8 Å². The third kappa shape index (κ3) is 2.82. The summed E-state index contributed by atoms with van der Waals surface area (Å²) < 4.78 is 6.81. The lowest BCUT2D eigenvalue weighted by molar-refractivity contribution is 0.0583. The molecule has 1 aromatic carbocycles. The molecule has 3 rings (SSSR count). The van der Waals surface area contributed by atoms with Crippen molar-refractivity contribution in [3.05, 3.63) is 42.2 Å². The van der Waals surface area contributed by atoms with E-state index >= 15 is 0 Å². The number of hydrogen-bond acceptors (Lipinski definition) is 4. The first-order chi connectivity index (χ1) is 10.9. The van der Waals surface area contributed by atoms with Crippen LogP contribution in [0.2, 0.25) is 0 Å². The van der Waals surface area contributed by atoms with E-state index in [1.165, 1.54) is 0 Å². The molecule has 1 heterocycles. The molecule has 1 fully saturated rings. The zero-order valence-corrected chi connectivity index (χ0v) is 13.6. The van der Waals surface area contributed by atoms with Crippen LogP contribution in [0.15, 0.2) is 36.5 Å². The molecule has 2 aromatic rings. The number of nitrogens with two attached hydrogens (primary N) is 1. The van der Waals surface area contributed by atoms with E-state index in [1.807, 2.05) is 24.3 Å². The molecule has 3 N–H and O–H groups in total. The van der Waals surface area contributed by atoms with Crippen LogP contribution < -0.4 is 15.8 Å². The van der Waals surface area contributed by atoms with Crippen molar-refractivity contribution in [2.24, 2.45) is 11.1 Å². The van der Waals surface area contributed by atoms with Crippen LogP contribution in [0.5, 0.6) is 5.75 Å². The normalized spacial score (nSPS) is 22.3. The molecule has 1 saturated carbocycles. The molecule has 1 amide bonds. The van der Waals surface area contributed by atoms with E-state index in [0.29, 0.717) is 5.69 Å². The minimum Gasteiger partial charge on any atom is -0.497 e. The zero-order chi connectivity index (χ0) is 16.6. The summed E-state index contributed by atoms with van der Waals surface area (Å²) in [6, 6.07) is 9.43. The molecule has 122 valence electrons. The van der Waals surface area contributed by atoms with Crippen molar-refractivity contribution in [3.8, 4) is 11.4 Å². The Kier molecular flexibility index (Phi) is 3.85. The number of carbonyl (C=O) groups is 1. The number of rotatable bonds is 4. The number of carbonyl (C=O) groups excluding carboxylic acids is 1. The van der Waals surface area contributed by atoms with Crippen LogP contribution in [0, 0.1) is 5.41 Å². The van der Waals surface area contributed by atoms with Crippen molar-refractivity contribution in [2.45, 2.75) is 32.4 Å². The average molecular weight is 314 g/mol. The molecule has 1 aliphatic carbocycles. The Hall–Kier alpha value is -2.34. The van der Waals surface area contributed by atoms with Gasteiger partial charge in [0, 0.05) is 23.7 Å². The molecule has 1 aromatic heterocycles. The Morgan fingerprint density at radius 3 is 2.61 bits per heavy atom. The number of aromatic nitrogens is 2. The van der Waals surface area contributed by atoms with Crippen molar-refractivity contribution < 1.29 is 9.53 Å². The first-order valence-corrected chi connectivity index (χ1v) is 7.68. The van der Waals surface area contributed by atoms with E-state index in [-0.39, 0.29) is 23.4 Å². The van der Waals surface area contributed by atoms with Gasteiger partial charge in [-0.25, -0.2) is 4.68 Å². The van der Waals surface area contributed by atoms with Crippen LogP contribution in [-0.4, -0.2) is 34.9 Å². The molecule has 0 radical (unpaired) electrons. The van der Waals surface area contributed by atoms with Gasteiger partial charge < -0.3 is 15.8 Å². The predicted molar refractivity (Wildman–Crippen MR) is 87.7 cm³/mol. The third-order valence-electron chi connectivity index (χ3n) is 4.81. The highest BCUT2D eigenvalue weighted by Crippen LogP contribution is 2.39. The van der Waals surface area contributed by atoms with Crippen molar-refractivity contribution >= 4 is 5.91 Å². The maximum Gasteiger partial charge on any atom is 0.272 e. The largest absolute Gasteiger partial charge is 0.497 e. The summed E-state index contributed by atoms with van der Waals surface area (Å²) in [6.45, 7) is 4.14. The predicted octanol–water partition coefficient (Wildman–Crippen LogP) is 1.74. The maximum atomic E-state index is 12.3. The molecular formula is C17H22N4O2. The summed E-state index contributed by atoms with van der Waals surface area (Å²) in [5.74, 6) is 0.615. The fourth-order valence-electron chi connectivity index (χ4n) is 2.76. The number of nitrogens with zero attached hydrogens (tertiary/aromatic N) is 2. The highest BCUT2D eigenvalue weighted by atomic mass is 16.5. The lowest BCUT2D eigenvalue weighted by Crippen LogP contribution is -2.64. The molecular weight excluding hydrogens is 292 g/mol. The molecule has 1 aliphatic rings. The minimum atomic E-state index is -0.165. The Bertz CT molecular complexity index is 706. The van der Waals surface area contributed by atoms with Crippen LogP contribution in [-0.2, 0) is 0 Å². The lowest BCUT2D eigenvalue weighted by atomic mass is 9.63. The topological polar surface area (TPSA) is 82.2 Å². The number of methoxy groups -OCH3 is 1. The summed E-state index contributed by atoms with van der Waals surface area (Å²) in [7, 11) is 1.62. The maximum absolute atomic E-state index is 12.3. The van der Waals surface area contributed by atoms with Crippen LogP contribution in [0.4, 0.5) is 0 Å². The van der Waals surface area contributed by atoms with Gasteiger partial charge in [-0.1, -0.05) is 13.8 Å². The molecule has 0 aliphatic heterocycles. The first-order valence-electron chi connectivity index (χ1n) is 7.68. The van der Waals surface area contributed by atoms with Gasteiger partial charge in [0.15, 0.2) is 5.69 Å². The number of nitrogens with one attached hydrogen (secondary N) is 1. The van der Waals surface area contributed by atoms with Gasteiger partial charge in [0.2, 0.25) is 0 Å². The van der Waals surface area contributed by atoms with Crippen LogP contribution in [0.3, 0.4) is 0 Å². The SMILES string of the molecule is COc1ccc(-n2ccc(C(=O)NC3CC(N)C3(C)C)n2)cc1. The van der Waals surface area contributed by atoms with E-state index in [0.717, 1.165) is 17.9 Å². The summed E-state index contributed by atoms with van der Waals surface area (Å²) in [4.78, 5) is 12.3. The third-order valence-corrected chi connectivity index (χ3v) is 4.81. The van der Waals surface area contributed by atoms with Crippen molar-refractivity contribution in [2.75, 3.05) is 7.11 Å². The molecule has 2 atom stereocenters. The number of ether oxygens (including phenoxy) is 1. The van der Waals surface area contributed by atoms with Gasteiger partial charge in [-0.3, -0.25) is 4.79 Å². The first kappa shape index (κ1) is 15.6. The standard InChI is InChI=1S/C17H22N4O2/c1-17(2)14(18)10-15(17)19-16(22)13-8-9-21(20-13)11-4-6-12(23-3)7-5-11/h4-9,14-15H,10,18H2,1-3H3,(H,19,22). The van der Waals surface area contributed by atoms with Gasteiger partial charge >= 0.3 is 0 Å². The molecule has 0 bridgehead atoms. The van der Waals surface area contributed by atoms with Crippen LogP contribution in [0.25, 0.3) is 5.69 Å². The van der Waals surface area contributed by atoms with E-state index in [2.05, 4.69) is 24.3 Å². The van der Waals surface area contributed by atoms with Gasteiger partial charge in [-0.2, -0.15) is 5.10 Å². The highest BCUT2D eigenvalue weighted by Gasteiger charge is 2.46. The average Bonchev–Trinajstić information content (AvgIpc) is 3.04. The van der Waals surface area contributed by atoms with Gasteiger partial charge in [-0.15, -0.1) is 0 Å². The molecule has 2 unspecified atom stereocenters. The quantitative estimate of drug-likeness (QED) is 0.900. The number of amides is 1. The fourth-order valence-corrected chi connectivity index (χ4v) is 2.76. The minimum absolute atomic E-state index is 0.0752. The van der Waals surface area contributed by atoms with E-state index in [9.17, 15) is 4.79 Å². The second-order valence-corrected chi connectivity index (χ2v) is 6.53. The van der Waals surface area contributed by atoms with E-state index in [1.54, 1.807) is 24.1 Å². The Labute approximate surface area is 135 Å². The number of hydrogen-bond donors (Lipinski definition) is 2. The fraction of sp³-hybridized carbons (Fsp3) is 0.412. The molecule has 23 heavy (non-hydrogen) atoms. The Morgan fingerprint density at radius 1 is 1.35 bits per heavy atom. The van der Waals surface area contributed by atoms with Crippen molar-refractivity contribution in [1.82, 2.24) is 15.1 Å². The van der Waals surface area contributed by atoms with E-state index in [4.69, 9.17) is 10.5 Å². The summed E-state index contributed by atoms with van der Waals surface area (Å²) in [6.07, 6.45) is 2.58. The summed E-state index contributed by atoms with van der Waals surface area (Å²) >= 11 is 0. The molecule has 6 heteroatoms. The van der Waals surface area contributed by atoms with E-state index < -0.39 is 0 Å².